The standard InChI is InChI=1S/C27H25N3O8/c1-4-37-26(33)21-15(3)28-20(14-29-24(31)18-8-6-7-9-19(18)25(29)32)23(27(34)38-5-2)22(21)16-10-12-17(13-11-16)30(35)36/h6-13,22,28H,4-5,14H2,1-3H3. The van der Waals surface area contributed by atoms with E-state index in [0.29, 0.717) is 11.3 Å². The number of dihydropyridines is 1. The van der Waals surface area contributed by atoms with Crippen LogP contribution in [0.15, 0.2) is 71.1 Å². The van der Waals surface area contributed by atoms with E-state index in [1.807, 2.05) is 0 Å². The number of hydrogen-bond donors (Lipinski definition) is 1. The Morgan fingerprint density at radius 1 is 0.921 bits per heavy atom. The number of fused-ring (bicyclic) bond motifs is 1. The first-order valence-electron chi connectivity index (χ1n) is 11.9. The number of allylic oxidation sites excluding steroid dienone is 1. The van der Waals surface area contributed by atoms with Gasteiger partial charge in [-0.1, -0.05) is 24.3 Å². The topological polar surface area (TPSA) is 145 Å². The van der Waals surface area contributed by atoms with Gasteiger partial charge in [0.1, 0.15) is 0 Å². The van der Waals surface area contributed by atoms with Crippen LogP contribution in [0, 0.1) is 10.1 Å². The maximum absolute atomic E-state index is 13.4. The van der Waals surface area contributed by atoms with Crippen LogP contribution in [0.1, 0.15) is 53.0 Å². The Bertz CT molecular complexity index is 1370. The lowest BCUT2D eigenvalue weighted by atomic mass is 9.80. The van der Waals surface area contributed by atoms with E-state index in [1.54, 1.807) is 45.0 Å². The number of esters is 2. The molecule has 2 aliphatic rings. The summed E-state index contributed by atoms with van der Waals surface area (Å²) >= 11 is 0. The lowest BCUT2D eigenvalue weighted by molar-refractivity contribution is -0.384. The first kappa shape index (κ1) is 26.3. The molecule has 0 spiro atoms. The van der Waals surface area contributed by atoms with Gasteiger partial charge in [-0.05, 0) is 38.5 Å². The fourth-order valence-electron chi connectivity index (χ4n) is 4.61. The van der Waals surface area contributed by atoms with E-state index in [1.165, 1.54) is 24.3 Å². The molecule has 2 amide bonds. The van der Waals surface area contributed by atoms with E-state index in [2.05, 4.69) is 5.32 Å². The zero-order valence-corrected chi connectivity index (χ0v) is 21.0. The highest BCUT2D eigenvalue weighted by Gasteiger charge is 2.42. The number of imide groups is 1. The molecule has 2 heterocycles. The number of nitrogens with zero attached hydrogens (tertiary/aromatic N) is 2. The summed E-state index contributed by atoms with van der Waals surface area (Å²) in [5, 5.41) is 14.2. The molecule has 38 heavy (non-hydrogen) atoms. The third-order valence-electron chi connectivity index (χ3n) is 6.27. The Hall–Kier alpha value is -4.80. The van der Waals surface area contributed by atoms with Gasteiger partial charge in [0, 0.05) is 23.5 Å². The van der Waals surface area contributed by atoms with Crippen molar-refractivity contribution in [3.63, 3.8) is 0 Å². The van der Waals surface area contributed by atoms with Crippen molar-refractivity contribution in [2.24, 2.45) is 0 Å². The third kappa shape index (κ3) is 4.65. The summed E-state index contributed by atoms with van der Waals surface area (Å²) in [4.78, 5) is 64.2. The number of rotatable bonds is 8. The molecule has 1 atom stereocenters. The van der Waals surface area contributed by atoms with Crippen molar-refractivity contribution >= 4 is 29.4 Å². The maximum Gasteiger partial charge on any atom is 0.336 e. The third-order valence-corrected chi connectivity index (χ3v) is 6.27. The number of benzene rings is 2. The Morgan fingerprint density at radius 2 is 1.45 bits per heavy atom. The summed E-state index contributed by atoms with van der Waals surface area (Å²) in [6, 6.07) is 11.8. The van der Waals surface area contributed by atoms with Gasteiger partial charge in [-0.25, -0.2) is 9.59 Å². The van der Waals surface area contributed by atoms with Crippen LogP contribution in [0.4, 0.5) is 5.69 Å². The molecule has 4 rings (SSSR count). The summed E-state index contributed by atoms with van der Waals surface area (Å²) in [6.07, 6.45) is 0. The fourth-order valence-corrected chi connectivity index (χ4v) is 4.61. The zero-order chi connectivity index (χ0) is 27.6. The Labute approximate surface area is 217 Å². The number of hydrogen-bond acceptors (Lipinski definition) is 9. The fraction of sp³-hybridized carbons (Fsp3) is 0.259. The second-order valence-electron chi connectivity index (χ2n) is 8.52. The molecule has 1 N–H and O–H groups in total. The van der Waals surface area contributed by atoms with Crippen molar-refractivity contribution in [3.05, 3.63) is 97.9 Å². The Balaban J connectivity index is 1.87. The molecule has 0 saturated heterocycles. The first-order valence-corrected chi connectivity index (χ1v) is 11.9. The number of non-ortho nitro benzene ring substituents is 1. The normalized spacial score (nSPS) is 16.8. The van der Waals surface area contributed by atoms with Gasteiger partial charge >= 0.3 is 11.9 Å². The number of carbonyl (C=O) groups excluding carboxylic acids is 4. The van der Waals surface area contributed by atoms with E-state index in [9.17, 15) is 29.3 Å². The summed E-state index contributed by atoms with van der Waals surface area (Å²) < 4.78 is 10.6. The molecule has 0 saturated carbocycles. The summed E-state index contributed by atoms with van der Waals surface area (Å²) in [7, 11) is 0. The van der Waals surface area contributed by atoms with Crippen LogP contribution in [0.2, 0.25) is 0 Å². The van der Waals surface area contributed by atoms with E-state index in [0.717, 1.165) is 4.90 Å². The van der Waals surface area contributed by atoms with E-state index >= 15 is 0 Å². The van der Waals surface area contributed by atoms with Crippen LogP contribution in [-0.2, 0) is 19.1 Å². The van der Waals surface area contributed by atoms with E-state index < -0.39 is 34.6 Å². The predicted molar refractivity (Wildman–Crippen MR) is 134 cm³/mol. The van der Waals surface area contributed by atoms with Crippen LogP contribution < -0.4 is 5.32 Å². The second kappa shape index (κ2) is 10.7. The highest BCUT2D eigenvalue weighted by molar-refractivity contribution is 6.21. The van der Waals surface area contributed by atoms with Crippen LogP contribution in [0.3, 0.4) is 0 Å². The summed E-state index contributed by atoms with van der Waals surface area (Å²) in [5.74, 6) is -3.55. The molecule has 0 radical (unpaired) electrons. The molecule has 0 aliphatic carbocycles. The number of amides is 2. The lowest BCUT2D eigenvalue weighted by Crippen LogP contribution is -2.40. The molecule has 196 valence electrons. The van der Waals surface area contributed by atoms with E-state index in [4.69, 9.17) is 9.47 Å². The zero-order valence-electron chi connectivity index (χ0n) is 21.0. The van der Waals surface area contributed by atoms with Gasteiger partial charge in [-0.15, -0.1) is 0 Å². The monoisotopic (exact) mass is 519 g/mol. The van der Waals surface area contributed by atoms with Gasteiger partial charge in [-0.2, -0.15) is 0 Å². The van der Waals surface area contributed by atoms with E-state index in [-0.39, 0.29) is 53.4 Å². The molecule has 0 aromatic heterocycles. The largest absolute Gasteiger partial charge is 0.463 e. The van der Waals surface area contributed by atoms with Gasteiger partial charge < -0.3 is 14.8 Å². The average Bonchev–Trinajstić information content (AvgIpc) is 3.13. The van der Waals surface area contributed by atoms with Crippen molar-refractivity contribution in [2.75, 3.05) is 19.8 Å². The number of nitrogens with one attached hydrogen (secondary N) is 1. The molecule has 2 aliphatic heterocycles. The molecule has 11 heteroatoms. The first-order chi connectivity index (χ1) is 18.2. The number of nitro groups is 1. The van der Waals surface area contributed by atoms with Crippen LogP contribution in [-0.4, -0.2) is 53.3 Å². The number of ether oxygens (including phenoxy) is 2. The molecule has 2 aromatic rings. The van der Waals surface area contributed by atoms with Gasteiger partial charge in [0.15, 0.2) is 0 Å². The minimum absolute atomic E-state index is 0.00841. The quantitative estimate of drug-likeness (QED) is 0.240. The lowest BCUT2D eigenvalue weighted by Gasteiger charge is -2.32. The van der Waals surface area contributed by atoms with Crippen LogP contribution >= 0.6 is 0 Å². The smallest absolute Gasteiger partial charge is 0.336 e. The second-order valence-corrected chi connectivity index (χ2v) is 8.52. The summed E-state index contributed by atoms with van der Waals surface area (Å²) in [6.45, 7) is 4.66. The molecule has 2 aromatic carbocycles. The summed E-state index contributed by atoms with van der Waals surface area (Å²) in [5.41, 5.74) is 1.34. The Kier molecular flexibility index (Phi) is 7.38. The van der Waals surface area contributed by atoms with Crippen molar-refractivity contribution in [3.8, 4) is 0 Å². The highest BCUT2D eigenvalue weighted by Crippen LogP contribution is 2.40. The Morgan fingerprint density at radius 3 is 1.95 bits per heavy atom. The highest BCUT2D eigenvalue weighted by atomic mass is 16.6. The molecule has 0 bridgehead atoms. The molecule has 11 nitrogen and oxygen atoms in total. The minimum atomic E-state index is -1.04. The van der Waals surface area contributed by atoms with Crippen LogP contribution in [0.25, 0.3) is 0 Å². The van der Waals surface area contributed by atoms with Gasteiger partial charge in [0.2, 0.25) is 0 Å². The molecular formula is C27H25N3O8. The average molecular weight is 520 g/mol. The van der Waals surface area contributed by atoms with Crippen molar-refractivity contribution < 1.29 is 33.6 Å². The number of carbonyl (C=O) groups is 4. The van der Waals surface area contributed by atoms with Crippen molar-refractivity contribution in [1.29, 1.82) is 0 Å². The van der Waals surface area contributed by atoms with Gasteiger partial charge in [-0.3, -0.25) is 24.6 Å². The van der Waals surface area contributed by atoms with Crippen molar-refractivity contribution in [1.82, 2.24) is 10.2 Å². The van der Waals surface area contributed by atoms with Crippen molar-refractivity contribution in [2.45, 2.75) is 26.7 Å². The SMILES string of the molecule is CCOC(=O)C1=C(C)NC(CN2C(=O)c3ccccc3C2=O)=C(C(=O)OCC)C1c1ccc([N+](=O)[O-])cc1. The minimum Gasteiger partial charge on any atom is -0.463 e. The molecular weight excluding hydrogens is 494 g/mol. The van der Waals surface area contributed by atoms with Gasteiger partial charge in [0.05, 0.1) is 52.9 Å². The van der Waals surface area contributed by atoms with Crippen LogP contribution in [0.5, 0.6) is 0 Å². The molecule has 1 unspecified atom stereocenters. The molecule has 0 fully saturated rings. The predicted octanol–water partition coefficient (Wildman–Crippen LogP) is 3.23. The maximum atomic E-state index is 13.4. The van der Waals surface area contributed by atoms with Gasteiger partial charge in [0.25, 0.3) is 17.5 Å². The number of nitro benzene ring substituents is 1.